The van der Waals surface area contributed by atoms with Crippen LogP contribution in [0.25, 0.3) is 11.4 Å². The summed E-state index contributed by atoms with van der Waals surface area (Å²) in [6.45, 7) is 2.78. The van der Waals surface area contributed by atoms with E-state index in [-0.39, 0.29) is 5.92 Å². The van der Waals surface area contributed by atoms with Gasteiger partial charge in [-0.15, -0.1) is 10.2 Å². The van der Waals surface area contributed by atoms with E-state index in [0.717, 1.165) is 66.4 Å². The lowest BCUT2D eigenvalue weighted by molar-refractivity contribution is -0.141. The third-order valence-corrected chi connectivity index (χ3v) is 6.64. The van der Waals surface area contributed by atoms with Crippen molar-refractivity contribution in [1.82, 2.24) is 24.6 Å². The quantitative estimate of drug-likeness (QED) is 0.382. The van der Waals surface area contributed by atoms with E-state index in [1.807, 2.05) is 41.9 Å². The van der Waals surface area contributed by atoms with Crippen LogP contribution >= 0.6 is 11.8 Å². The van der Waals surface area contributed by atoms with Gasteiger partial charge in [0.05, 0.1) is 0 Å². The molecule has 1 saturated heterocycles. The number of aromatic nitrogens is 4. The predicted molar refractivity (Wildman–Crippen MR) is 115 cm³/mol. The van der Waals surface area contributed by atoms with Crippen LogP contribution in [0.2, 0.25) is 0 Å². The summed E-state index contributed by atoms with van der Waals surface area (Å²) in [6.07, 6.45) is -1.05. The van der Waals surface area contributed by atoms with Crippen LogP contribution < -0.4 is 0 Å². The molecule has 0 aliphatic carbocycles. The van der Waals surface area contributed by atoms with Gasteiger partial charge in [0.15, 0.2) is 11.0 Å². The van der Waals surface area contributed by atoms with Gasteiger partial charge in [-0.1, -0.05) is 48.2 Å². The SMILES string of the molecule is Cn1c(SCCCN2CCC(c3ccc(C(F)(F)F)nc3)C2)nnc1-c1ccccc1. The number of likely N-dealkylation sites (tertiary alicyclic amines) is 1. The van der Waals surface area contributed by atoms with Crippen LogP contribution in [-0.4, -0.2) is 50.0 Å². The molecule has 164 valence electrons. The molecule has 1 fully saturated rings. The molecule has 4 rings (SSSR count). The fraction of sp³-hybridized carbons (Fsp3) is 0.409. The monoisotopic (exact) mass is 447 g/mol. The molecule has 0 bridgehead atoms. The minimum Gasteiger partial charge on any atom is -0.305 e. The van der Waals surface area contributed by atoms with Gasteiger partial charge in [0.25, 0.3) is 0 Å². The van der Waals surface area contributed by atoms with Crippen molar-refractivity contribution in [1.29, 1.82) is 0 Å². The number of thioether (sulfide) groups is 1. The first-order valence-corrected chi connectivity index (χ1v) is 11.2. The van der Waals surface area contributed by atoms with Crippen molar-refractivity contribution in [2.24, 2.45) is 7.05 Å². The van der Waals surface area contributed by atoms with Crippen molar-refractivity contribution in [2.45, 2.75) is 30.1 Å². The summed E-state index contributed by atoms with van der Waals surface area (Å²) < 4.78 is 40.1. The summed E-state index contributed by atoms with van der Waals surface area (Å²) in [7, 11) is 1.98. The molecule has 0 amide bonds. The number of halogens is 3. The average molecular weight is 448 g/mol. The fourth-order valence-electron chi connectivity index (χ4n) is 3.85. The third kappa shape index (κ3) is 5.27. The molecule has 1 aromatic carbocycles. The standard InChI is InChI=1S/C22H24F3N5S/c1-29-20(16-6-3-2-4-7-16)27-28-21(29)31-13-5-11-30-12-10-18(15-30)17-8-9-19(26-14-17)22(23,24)25/h2-4,6-9,14,18H,5,10-13,15H2,1H3. The van der Waals surface area contributed by atoms with Crippen LogP contribution in [-0.2, 0) is 13.2 Å². The largest absolute Gasteiger partial charge is 0.433 e. The van der Waals surface area contributed by atoms with E-state index >= 15 is 0 Å². The molecule has 31 heavy (non-hydrogen) atoms. The number of rotatable bonds is 7. The summed E-state index contributed by atoms with van der Waals surface area (Å²) in [6, 6.07) is 12.6. The second-order valence-electron chi connectivity index (χ2n) is 7.69. The van der Waals surface area contributed by atoms with E-state index in [4.69, 9.17) is 0 Å². The molecule has 0 saturated carbocycles. The zero-order valence-corrected chi connectivity index (χ0v) is 18.0. The highest BCUT2D eigenvalue weighted by Gasteiger charge is 2.32. The van der Waals surface area contributed by atoms with E-state index in [0.29, 0.717) is 0 Å². The van der Waals surface area contributed by atoms with Gasteiger partial charge in [0.1, 0.15) is 5.69 Å². The van der Waals surface area contributed by atoms with E-state index in [1.54, 1.807) is 17.8 Å². The molecule has 0 radical (unpaired) electrons. The van der Waals surface area contributed by atoms with Crippen LogP contribution in [0.15, 0.2) is 53.8 Å². The molecule has 1 aliphatic rings. The van der Waals surface area contributed by atoms with Crippen LogP contribution in [0.3, 0.4) is 0 Å². The average Bonchev–Trinajstić information content (AvgIpc) is 3.38. The Morgan fingerprint density at radius 3 is 2.61 bits per heavy atom. The summed E-state index contributed by atoms with van der Waals surface area (Å²) in [5.74, 6) is 2.04. The lowest BCUT2D eigenvalue weighted by atomic mass is 10.0. The van der Waals surface area contributed by atoms with Crippen molar-refractivity contribution in [3.63, 3.8) is 0 Å². The van der Waals surface area contributed by atoms with Crippen molar-refractivity contribution < 1.29 is 13.2 Å². The topological polar surface area (TPSA) is 46.8 Å². The Morgan fingerprint density at radius 1 is 1.10 bits per heavy atom. The van der Waals surface area contributed by atoms with E-state index in [9.17, 15) is 13.2 Å². The molecule has 1 atom stereocenters. The summed E-state index contributed by atoms with van der Waals surface area (Å²) >= 11 is 1.69. The molecule has 3 aromatic rings. The number of alkyl halides is 3. The lowest BCUT2D eigenvalue weighted by Crippen LogP contribution is -2.22. The highest BCUT2D eigenvalue weighted by molar-refractivity contribution is 7.99. The van der Waals surface area contributed by atoms with E-state index in [2.05, 4.69) is 20.1 Å². The van der Waals surface area contributed by atoms with Crippen molar-refractivity contribution in [3.05, 3.63) is 59.9 Å². The normalized spacial score (nSPS) is 17.4. The maximum atomic E-state index is 12.7. The van der Waals surface area contributed by atoms with E-state index in [1.165, 1.54) is 6.20 Å². The highest BCUT2D eigenvalue weighted by atomic mass is 32.2. The molecule has 1 aliphatic heterocycles. The zero-order chi connectivity index (χ0) is 21.8. The first kappa shape index (κ1) is 21.8. The van der Waals surface area contributed by atoms with Crippen LogP contribution in [0.5, 0.6) is 0 Å². The Hall–Kier alpha value is -2.39. The van der Waals surface area contributed by atoms with Gasteiger partial charge in [-0.05, 0) is 43.5 Å². The summed E-state index contributed by atoms with van der Waals surface area (Å²) in [5, 5.41) is 9.52. The Labute approximate surface area is 183 Å². The second kappa shape index (κ2) is 9.40. The maximum absolute atomic E-state index is 12.7. The van der Waals surface area contributed by atoms with Gasteiger partial charge >= 0.3 is 6.18 Å². The molecular weight excluding hydrogens is 423 g/mol. The second-order valence-corrected chi connectivity index (χ2v) is 8.76. The summed E-state index contributed by atoms with van der Waals surface area (Å²) in [4.78, 5) is 5.97. The molecule has 3 heterocycles. The van der Waals surface area contributed by atoms with Gasteiger partial charge in [-0.25, -0.2) is 0 Å². The van der Waals surface area contributed by atoms with E-state index < -0.39 is 11.9 Å². The smallest absolute Gasteiger partial charge is 0.305 e. The maximum Gasteiger partial charge on any atom is 0.433 e. The fourth-order valence-corrected chi connectivity index (χ4v) is 4.69. The number of benzene rings is 1. The number of hydrogen-bond donors (Lipinski definition) is 0. The number of hydrogen-bond acceptors (Lipinski definition) is 5. The third-order valence-electron chi connectivity index (χ3n) is 5.54. The molecular formula is C22H24F3N5S. The Kier molecular flexibility index (Phi) is 6.62. The molecule has 2 aromatic heterocycles. The molecule has 0 spiro atoms. The van der Waals surface area contributed by atoms with Gasteiger partial charge in [-0.3, -0.25) is 4.98 Å². The van der Waals surface area contributed by atoms with Crippen LogP contribution in [0, 0.1) is 0 Å². The first-order valence-electron chi connectivity index (χ1n) is 10.2. The number of pyridine rings is 1. The van der Waals surface area contributed by atoms with Crippen molar-refractivity contribution in [3.8, 4) is 11.4 Å². The highest BCUT2D eigenvalue weighted by Crippen LogP contribution is 2.31. The molecule has 1 unspecified atom stereocenters. The van der Waals surface area contributed by atoms with Gasteiger partial charge in [0.2, 0.25) is 0 Å². The van der Waals surface area contributed by atoms with Crippen LogP contribution in [0.4, 0.5) is 13.2 Å². The minimum atomic E-state index is -4.39. The zero-order valence-electron chi connectivity index (χ0n) is 17.2. The van der Waals surface area contributed by atoms with Crippen LogP contribution in [0.1, 0.15) is 30.0 Å². The predicted octanol–water partition coefficient (Wildman–Crippen LogP) is 4.87. The van der Waals surface area contributed by atoms with Crippen molar-refractivity contribution in [2.75, 3.05) is 25.4 Å². The first-order chi connectivity index (χ1) is 14.9. The molecule has 9 heteroatoms. The number of nitrogens with zero attached hydrogens (tertiary/aromatic N) is 5. The van der Waals surface area contributed by atoms with Gasteiger partial charge in [-0.2, -0.15) is 13.2 Å². The Bertz CT molecular complexity index is 989. The van der Waals surface area contributed by atoms with Gasteiger partial charge < -0.3 is 9.47 Å². The summed E-state index contributed by atoms with van der Waals surface area (Å²) in [5.41, 5.74) is 1.10. The Morgan fingerprint density at radius 2 is 1.90 bits per heavy atom. The minimum absolute atomic E-state index is 0.245. The molecule has 5 nitrogen and oxygen atoms in total. The van der Waals surface area contributed by atoms with Crippen molar-refractivity contribution >= 4 is 11.8 Å². The molecule has 0 N–H and O–H groups in total. The lowest BCUT2D eigenvalue weighted by Gasteiger charge is -2.16. The van der Waals surface area contributed by atoms with Gasteiger partial charge in [0, 0.05) is 31.1 Å². The Balaban J connectivity index is 1.23.